The zero-order valence-corrected chi connectivity index (χ0v) is 9.22. The first-order valence-corrected chi connectivity index (χ1v) is 5.35. The van der Waals surface area contributed by atoms with Crippen molar-refractivity contribution in [2.24, 2.45) is 0 Å². The van der Waals surface area contributed by atoms with Crippen LogP contribution in [0.25, 0.3) is 0 Å². The molecule has 0 fully saturated rings. The number of aromatic nitrogens is 3. The minimum absolute atomic E-state index is 0.424. The van der Waals surface area contributed by atoms with Crippen LogP contribution in [0.4, 0.5) is 18.3 Å². The van der Waals surface area contributed by atoms with E-state index in [4.69, 9.17) is 5.73 Å². The Morgan fingerprint density at radius 3 is 2.24 bits per heavy atom. The molecule has 0 saturated heterocycles. The summed E-state index contributed by atoms with van der Waals surface area (Å²) in [6.45, 7) is 0. The maximum atomic E-state index is 12.2. The van der Waals surface area contributed by atoms with Crippen LogP contribution in [0.2, 0.25) is 0 Å². The first-order chi connectivity index (χ1) is 7.95. The fourth-order valence-electron chi connectivity index (χ4n) is 1.20. The first kappa shape index (κ1) is 11.8. The van der Waals surface area contributed by atoms with Crippen molar-refractivity contribution in [3.05, 3.63) is 34.9 Å². The van der Waals surface area contributed by atoms with E-state index < -0.39 is 12.0 Å². The number of nitrogens with two attached hydrogens (primary N) is 1. The van der Waals surface area contributed by atoms with Crippen LogP contribution in [-0.2, 0) is 12.6 Å². The van der Waals surface area contributed by atoms with Gasteiger partial charge in [-0.25, -0.2) is 15.0 Å². The van der Waals surface area contributed by atoms with Crippen LogP contribution in [-0.4, -0.2) is 15.0 Å². The Bertz CT molecular complexity index is 506. The van der Waals surface area contributed by atoms with Crippen LogP contribution in [0.3, 0.4) is 0 Å². The van der Waals surface area contributed by atoms with E-state index in [1.165, 1.54) is 11.3 Å². The fraction of sp³-hybridized carbons (Fsp3) is 0.222. The monoisotopic (exact) mass is 260 g/mol. The molecule has 0 aliphatic carbocycles. The molecule has 2 aromatic heterocycles. The van der Waals surface area contributed by atoms with Crippen molar-refractivity contribution >= 4 is 16.5 Å². The molecule has 17 heavy (non-hydrogen) atoms. The molecule has 90 valence electrons. The van der Waals surface area contributed by atoms with Gasteiger partial charge in [0.15, 0.2) is 5.13 Å². The van der Waals surface area contributed by atoms with E-state index in [0.717, 1.165) is 17.3 Å². The van der Waals surface area contributed by atoms with Crippen LogP contribution in [0.5, 0.6) is 0 Å². The third-order valence-electron chi connectivity index (χ3n) is 1.91. The van der Waals surface area contributed by atoms with Crippen molar-refractivity contribution in [1.82, 2.24) is 15.0 Å². The Morgan fingerprint density at radius 2 is 1.76 bits per heavy atom. The Labute approximate surface area is 98.4 Å². The number of nitrogens with zero attached hydrogens (tertiary/aromatic N) is 3. The Hall–Kier alpha value is -1.70. The normalized spacial score (nSPS) is 11.7. The Morgan fingerprint density at radius 1 is 1.12 bits per heavy atom. The van der Waals surface area contributed by atoms with Gasteiger partial charge in [0, 0.05) is 29.9 Å². The van der Waals surface area contributed by atoms with Gasteiger partial charge in [-0.05, 0) is 5.56 Å². The van der Waals surface area contributed by atoms with Gasteiger partial charge in [-0.2, -0.15) is 13.2 Å². The summed E-state index contributed by atoms with van der Waals surface area (Å²) in [7, 11) is 0. The lowest BCUT2D eigenvalue weighted by atomic mass is 10.2. The summed E-state index contributed by atoms with van der Waals surface area (Å²) < 4.78 is 36.6. The second-order valence-electron chi connectivity index (χ2n) is 3.25. The van der Waals surface area contributed by atoms with E-state index in [1.807, 2.05) is 0 Å². The highest BCUT2D eigenvalue weighted by molar-refractivity contribution is 7.15. The average molecular weight is 260 g/mol. The summed E-state index contributed by atoms with van der Waals surface area (Å²) >= 11 is 1.28. The molecule has 2 heterocycles. The van der Waals surface area contributed by atoms with Gasteiger partial charge in [0.1, 0.15) is 0 Å². The lowest BCUT2D eigenvalue weighted by molar-refractivity contribution is -0.145. The van der Waals surface area contributed by atoms with Crippen LogP contribution in [0.1, 0.15) is 16.3 Å². The molecular weight excluding hydrogens is 253 g/mol. The van der Waals surface area contributed by atoms with E-state index in [1.54, 1.807) is 6.20 Å². The molecule has 0 aliphatic heterocycles. The Kier molecular flexibility index (Phi) is 2.97. The predicted octanol–water partition coefficient (Wildman–Crippen LogP) is 2.12. The molecule has 0 unspecified atom stereocenters. The third-order valence-corrected chi connectivity index (χ3v) is 2.74. The second-order valence-corrected chi connectivity index (χ2v) is 4.40. The zero-order valence-electron chi connectivity index (χ0n) is 8.40. The van der Waals surface area contributed by atoms with Gasteiger partial charge in [-0.3, -0.25) is 0 Å². The predicted molar refractivity (Wildman–Crippen MR) is 56.4 cm³/mol. The molecule has 0 atom stereocenters. The van der Waals surface area contributed by atoms with Gasteiger partial charge in [-0.1, -0.05) is 0 Å². The molecule has 2 aromatic rings. The quantitative estimate of drug-likeness (QED) is 0.898. The number of thiazole rings is 1. The molecule has 0 aromatic carbocycles. The molecule has 4 nitrogen and oxygen atoms in total. The standard InChI is InChI=1S/C9H7F3N4S/c10-9(11,12)7-14-2-5(3-15-7)1-6-4-16-8(13)17-6/h2-4H,1H2,(H2,13,16). The van der Waals surface area contributed by atoms with Crippen molar-refractivity contribution in [3.8, 4) is 0 Å². The van der Waals surface area contributed by atoms with Gasteiger partial charge in [-0.15, -0.1) is 11.3 Å². The van der Waals surface area contributed by atoms with Gasteiger partial charge in [0.25, 0.3) is 0 Å². The number of anilines is 1. The molecule has 0 radical (unpaired) electrons. The molecule has 2 N–H and O–H groups in total. The van der Waals surface area contributed by atoms with E-state index >= 15 is 0 Å². The highest BCUT2D eigenvalue weighted by atomic mass is 32.1. The lowest BCUT2D eigenvalue weighted by Gasteiger charge is -2.04. The summed E-state index contributed by atoms with van der Waals surface area (Å²) in [5.74, 6) is -1.13. The molecule has 0 aliphatic rings. The van der Waals surface area contributed by atoms with Gasteiger partial charge >= 0.3 is 6.18 Å². The van der Waals surface area contributed by atoms with Crippen LogP contribution in [0, 0.1) is 0 Å². The number of hydrogen-bond acceptors (Lipinski definition) is 5. The molecular formula is C9H7F3N4S. The van der Waals surface area contributed by atoms with Crippen LogP contribution >= 0.6 is 11.3 Å². The summed E-state index contributed by atoms with van der Waals surface area (Å²) in [4.78, 5) is 11.2. The van der Waals surface area contributed by atoms with Crippen molar-refractivity contribution in [3.63, 3.8) is 0 Å². The zero-order chi connectivity index (χ0) is 12.5. The Balaban J connectivity index is 2.13. The van der Waals surface area contributed by atoms with Crippen molar-refractivity contribution in [1.29, 1.82) is 0 Å². The molecule has 2 rings (SSSR count). The van der Waals surface area contributed by atoms with E-state index in [2.05, 4.69) is 15.0 Å². The highest BCUT2D eigenvalue weighted by Crippen LogP contribution is 2.25. The van der Waals surface area contributed by atoms with E-state index in [0.29, 0.717) is 17.1 Å². The summed E-state index contributed by atoms with van der Waals surface area (Å²) in [6, 6.07) is 0. The maximum Gasteiger partial charge on any atom is 0.451 e. The van der Waals surface area contributed by atoms with Crippen molar-refractivity contribution in [2.45, 2.75) is 12.6 Å². The number of alkyl halides is 3. The van der Waals surface area contributed by atoms with Crippen LogP contribution < -0.4 is 5.73 Å². The van der Waals surface area contributed by atoms with Gasteiger partial charge in [0.2, 0.25) is 5.82 Å². The second kappa shape index (κ2) is 4.28. The number of halogens is 3. The maximum absolute atomic E-state index is 12.2. The van der Waals surface area contributed by atoms with E-state index in [-0.39, 0.29) is 0 Å². The minimum atomic E-state index is -4.51. The van der Waals surface area contributed by atoms with E-state index in [9.17, 15) is 13.2 Å². The summed E-state index contributed by atoms with van der Waals surface area (Å²) in [5.41, 5.74) is 6.03. The number of nitrogen functional groups attached to an aromatic ring is 1. The SMILES string of the molecule is Nc1ncc(Cc2cnc(C(F)(F)F)nc2)s1. The van der Waals surface area contributed by atoms with Crippen LogP contribution in [0.15, 0.2) is 18.6 Å². The van der Waals surface area contributed by atoms with Crippen molar-refractivity contribution in [2.75, 3.05) is 5.73 Å². The molecule has 0 saturated carbocycles. The highest BCUT2D eigenvalue weighted by Gasteiger charge is 2.34. The smallest absolute Gasteiger partial charge is 0.375 e. The molecule has 0 amide bonds. The molecule has 0 bridgehead atoms. The summed E-state index contributed by atoms with van der Waals surface area (Å²) in [6.07, 6.45) is -0.185. The molecule has 8 heteroatoms. The fourth-order valence-corrected chi connectivity index (χ4v) is 1.92. The minimum Gasteiger partial charge on any atom is -0.375 e. The van der Waals surface area contributed by atoms with Gasteiger partial charge < -0.3 is 5.73 Å². The third kappa shape index (κ3) is 2.90. The topological polar surface area (TPSA) is 64.7 Å². The summed E-state index contributed by atoms with van der Waals surface area (Å²) in [5, 5.41) is 0.424. The molecule has 0 spiro atoms. The number of hydrogen-bond donors (Lipinski definition) is 1. The van der Waals surface area contributed by atoms with Crippen molar-refractivity contribution < 1.29 is 13.2 Å². The first-order valence-electron chi connectivity index (χ1n) is 4.53. The number of rotatable bonds is 2. The average Bonchev–Trinajstić information content (AvgIpc) is 2.63. The van der Waals surface area contributed by atoms with Gasteiger partial charge in [0.05, 0.1) is 0 Å². The lowest BCUT2D eigenvalue weighted by Crippen LogP contribution is -2.10. The largest absolute Gasteiger partial charge is 0.451 e.